The molecule has 0 atom stereocenters. The number of nitrogens with zero attached hydrogens (tertiary/aromatic N) is 2. The van der Waals surface area contributed by atoms with E-state index in [-0.39, 0.29) is 19.0 Å². The number of aliphatic carboxylic acids is 1. The number of carboxylic acid groups (broad SMARTS) is 1. The highest BCUT2D eigenvalue weighted by Gasteiger charge is 2.20. The molecule has 3 N–H and O–H groups in total. The third-order valence-electron chi connectivity index (χ3n) is 1.76. The van der Waals surface area contributed by atoms with Crippen LogP contribution < -0.4 is 5.73 Å². The normalized spacial score (nSPS) is 18.0. The maximum Gasteiger partial charge on any atom is 0.339 e. The Bertz CT molecular complexity index is 267. The molecule has 0 aliphatic carbocycles. The van der Waals surface area contributed by atoms with Crippen LogP contribution in [0.1, 0.15) is 12.8 Å². The van der Waals surface area contributed by atoms with E-state index < -0.39 is 12.0 Å². The van der Waals surface area contributed by atoms with E-state index in [9.17, 15) is 9.59 Å². The lowest BCUT2D eigenvalue weighted by atomic mass is 10.4. The van der Waals surface area contributed by atoms with Crippen LogP contribution in [0, 0.1) is 0 Å². The highest BCUT2D eigenvalue weighted by Crippen LogP contribution is 2.10. The largest absolute Gasteiger partial charge is 0.480 e. The molecule has 1 aliphatic rings. The summed E-state index contributed by atoms with van der Waals surface area (Å²) in [5, 5.41) is 8.51. The van der Waals surface area contributed by atoms with Gasteiger partial charge in [-0.2, -0.15) is 4.99 Å². The number of hydrogen-bond acceptors (Lipinski definition) is 2. The van der Waals surface area contributed by atoms with E-state index in [4.69, 9.17) is 10.8 Å². The first-order valence-electron chi connectivity index (χ1n) is 3.93. The molecule has 2 amide bonds. The number of primary amides is 1. The summed E-state index contributed by atoms with van der Waals surface area (Å²) in [7, 11) is 0. The molecule has 0 bridgehead atoms. The van der Waals surface area contributed by atoms with Gasteiger partial charge in [0.05, 0.1) is 0 Å². The fourth-order valence-corrected chi connectivity index (χ4v) is 1.30. The van der Waals surface area contributed by atoms with Crippen LogP contribution in [0.25, 0.3) is 0 Å². The van der Waals surface area contributed by atoms with Gasteiger partial charge in [-0.25, -0.2) is 4.79 Å². The maximum atomic E-state index is 10.4. The van der Waals surface area contributed by atoms with Gasteiger partial charge in [-0.3, -0.25) is 4.79 Å². The molecule has 14 heavy (non-hydrogen) atoms. The average Bonchev–Trinajstić information content (AvgIpc) is 2.34. The second-order valence-corrected chi connectivity index (χ2v) is 2.79. The van der Waals surface area contributed by atoms with Crippen molar-refractivity contribution in [3.05, 3.63) is 0 Å². The molecule has 1 fully saturated rings. The molecular weight excluding hydrogens is 210 g/mol. The summed E-state index contributed by atoms with van der Waals surface area (Å²) in [5.41, 5.74) is 4.86. The number of hydrogen-bond donors (Lipinski definition) is 2. The van der Waals surface area contributed by atoms with Gasteiger partial charge in [0.2, 0.25) is 0 Å². The summed E-state index contributed by atoms with van der Waals surface area (Å²) in [6.07, 6.45) is 1.44. The van der Waals surface area contributed by atoms with Crippen molar-refractivity contribution >= 4 is 30.2 Å². The first-order chi connectivity index (χ1) is 6.09. The molecular formula is C7H12ClN3O3. The Balaban J connectivity index is 0.00000169. The van der Waals surface area contributed by atoms with Crippen molar-refractivity contribution in [2.24, 2.45) is 10.7 Å². The van der Waals surface area contributed by atoms with Gasteiger partial charge in [-0.15, -0.1) is 12.4 Å². The number of urea groups is 1. The molecule has 0 unspecified atom stereocenters. The van der Waals surface area contributed by atoms with E-state index in [1.807, 2.05) is 0 Å². The van der Waals surface area contributed by atoms with Crippen molar-refractivity contribution in [3.8, 4) is 0 Å². The number of aliphatic imine (C=N–C) groups is 1. The smallest absolute Gasteiger partial charge is 0.339 e. The van der Waals surface area contributed by atoms with Gasteiger partial charge >= 0.3 is 12.0 Å². The van der Waals surface area contributed by atoms with Gasteiger partial charge in [0.25, 0.3) is 0 Å². The Morgan fingerprint density at radius 2 is 2.21 bits per heavy atom. The first-order valence-corrected chi connectivity index (χ1v) is 3.93. The quantitative estimate of drug-likeness (QED) is 0.690. The zero-order valence-corrected chi connectivity index (χ0v) is 8.29. The first kappa shape index (κ1) is 12.7. The zero-order chi connectivity index (χ0) is 9.84. The molecule has 1 rings (SSSR count). The van der Waals surface area contributed by atoms with Crippen molar-refractivity contribution in [1.29, 1.82) is 0 Å². The standard InChI is InChI=1S/C7H11N3O3.ClH/c8-7(13)9-5-2-1-3-10(5)4-6(11)12;/h1-4H2,(H2,8,13)(H,11,12);1H. The summed E-state index contributed by atoms with van der Waals surface area (Å²) in [6.45, 7) is 0.504. The molecule has 80 valence electrons. The Kier molecular flexibility index (Phi) is 4.93. The zero-order valence-electron chi connectivity index (χ0n) is 7.47. The van der Waals surface area contributed by atoms with E-state index in [1.165, 1.54) is 0 Å². The van der Waals surface area contributed by atoms with E-state index in [0.29, 0.717) is 18.8 Å². The number of rotatable bonds is 2. The number of likely N-dealkylation sites (tertiary alicyclic amines) is 1. The molecule has 1 heterocycles. The van der Waals surface area contributed by atoms with E-state index in [2.05, 4.69) is 4.99 Å². The lowest BCUT2D eigenvalue weighted by molar-refractivity contribution is -0.137. The van der Waals surface area contributed by atoms with Gasteiger partial charge < -0.3 is 15.7 Å². The van der Waals surface area contributed by atoms with Crippen molar-refractivity contribution in [2.75, 3.05) is 13.1 Å². The molecule has 0 saturated carbocycles. The average molecular weight is 222 g/mol. The van der Waals surface area contributed by atoms with Crippen LogP contribution in [0.2, 0.25) is 0 Å². The number of halogens is 1. The molecule has 0 spiro atoms. The van der Waals surface area contributed by atoms with E-state index in [1.54, 1.807) is 4.90 Å². The minimum atomic E-state index is -0.931. The Morgan fingerprint density at radius 3 is 2.71 bits per heavy atom. The van der Waals surface area contributed by atoms with Crippen molar-refractivity contribution in [2.45, 2.75) is 12.8 Å². The van der Waals surface area contributed by atoms with Gasteiger partial charge in [0.15, 0.2) is 0 Å². The second kappa shape index (κ2) is 5.43. The number of carbonyl (C=O) groups is 2. The van der Waals surface area contributed by atoms with Gasteiger partial charge in [0.1, 0.15) is 12.4 Å². The summed E-state index contributed by atoms with van der Waals surface area (Å²) in [6, 6.07) is -0.771. The molecule has 6 nitrogen and oxygen atoms in total. The van der Waals surface area contributed by atoms with Crippen molar-refractivity contribution < 1.29 is 14.7 Å². The molecule has 1 aliphatic heterocycles. The second-order valence-electron chi connectivity index (χ2n) is 2.79. The van der Waals surface area contributed by atoms with Gasteiger partial charge in [-0.1, -0.05) is 0 Å². The predicted octanol–water partition coefficient (Wildman–Crippen LogP) is 0.0658. The van der Waals surface area contributed by atoms with E-state index >= 15 is 0 Å². The minimum absolute atomic E-state index is 0. The fourth-order valence-electron chi connectivity index (χ4n) is 1.30. The predicted molar refractivity (Wildman–Crippen MR) is 52.7 cm³/mol. The van der Waals surface area contributed by atoms with Crippen LogP contribution in [0.5, 0.6) is 0 Å². The van der Waals surface area contributed by atoms with Crippen LogP contribution in [0.15, 0.2) is 4.99 Å². The number of amides is 2. The molecule has 0 radical (unpaired) electrons. The van der Waals surface area contributed by atoms with E-state index in [0.717, 1.165) is 6.42 Å². The topological polar surface area (TPSA) is 96.0 Å². The molecule has 1 saturated heterocycles. The number of carboxylic acids is 1. The fraction of sp³-hybridized carbons (Fsp3) is 0.571. The number of carbonyl (C=O) groups excluding carboxylic acids is 1. The number of amidine groups is 1. The van der Waals surface area contributed by atoms with Crippen molar-refractivity contribution in [1.82, 2.24) is 4.90 Å². The summed E-state index contributed by atoms with van der Waals surface area (Å²) in [4.78, 5) is 25.9. The van der Waals surface area contributed by atoms with Gasteiger partial charge in [-0.05, 0) is 6.42 Å². The van der Waals surface area contributed by atoms with Crippen LogP contribution in [-0.4, -0.2) is 40.9 Å². The molecule has 0 aromatic rings. The summed E-state index contributed by atoms with van der Waals surface area (Å²) < 4.78 is 0. The number of nitrogens with two attached hydrogens (primary N) is 1. The SMILES string of the molecule is Cl.NC(=O)N=C1CCCN1CC(=O)O. The summed E-state index contributed by atoms with van der Waals surface area (Å²) in [5.74, 6) is -0.450. The van der Waals surface area contributed by atoms with Crippen molar-refractivity contribution in [3.63, 3.8) is 0 Å². The monoisotopic (exact) mass is 221 g/mol. The maximum absolute atomic E-state index is 10.4. The minimum Gasteiger partial charge on any atom is -0.480 e. The summed E-state index contributed by atoms with van der Waals surface area (Å²) >= 11 is 0. The van der Waals surface area contributed by atoms with Crippen LogP contribution in [-0.2, 0) is 4.79 Å². The Morgan fingerprint density at radius 1 is 1.57 bits per heavy atom. The highest BCUT2D eigenvalue weighted by molar-refractivity contribution is 5.95. The van der Waals surface area contributed by atoms with Crippen LogP contribution in [0.4, 0.5) is 4.79 Å². The third kappa shape index (κ3) is 3.61. The Hall–Kier alpha value is -1.30. The van der Waals surface area contributed by atoms with Gasteiger partial charge in [0, 0.05) is 13.0 Å². The van der Waals surface area contributed by atoms with Crippen LogP contribution in [0.3, 0.4) is 0 Å². The molecule has 0 aromatic carbocycles. The highest BCUT2D eigenvalue weighted by atomic mass is 35.5. The third-order valence-corrected chi connectivity index (χ3v) is 1.76. The lowest BCUT2D eigenvalue weighted by Gasteiger charge is -2.14. The Labute approximate surface area is 87.2 Å². The molecule has 0 aromatic heterocycles. The lowest BCUT2D eigenvalue weighted by Crippen LogP contribution is -2.31. The molecule has 7 heteroatoms. The van der Waals surface area contributed by atoms with Crippen LogP contribution >= 0.6 is 12.4 Å².